The van der Waals surface area contributed by atoms with E-state index in [2.05, 4.69) is 26.8 Å². The minimum absolute atomic E-state index is 0.491. The van der Waals surface area contributed by atoms with Gasteiger partial charge in [0.1, 0.15) is 5.82 Å². The van der Waals surface area contributed by atoms with Crippen molar-refractivity contribution in [1.29, 1.82) is 0 Å². The van der Waals surface area contributed by atoms with Crippen molar-refractivity contribution >= 4 is 5.82 Å². The van der Waals surface area contributed by atoms with Crippen LogP contribution in [0.25, 0.3) is 0 Å². The Morgan fingerprint density at radius 1 is 1.10 bits per heavy atom. The molecule has 1 fully saturated rings. The number of nitrogens with one attached hydrogen (secondary N) is 1. The van der Waals surface area contributed by atoms with Gasteiger partial charge in [0, 0.05) is 31.7 Å². The van der Waals surface area contributed by atoms with E-state index < -0.39 is 0 Å². The monoisotopic (exact) mass is 274 g/mol. The third kappa shape index (κ3) is 2.63. The molecule has 2 aliphatic rings. The first-order valence-corrected chi connectivity index (χ1v) is 7.34. The molecule has 5 heteroatoms. The number of rotatable bonds is 2. The lowest BCUT2D eigenvalue weighted by atomic mass is 10.1. The summed E-state index contributed by atoms with van der Waals surface area (Å²) in [5.74, 6) is 1.07. The van der Waals surface area contributed by atoms with Crippen LogP contribution >= 0.6 is 0 Å². The van der Waals surface area contributed by atoms with Gasteiger partial charge in [-0.05, 0) is 25.7 Å². The third-order valence-electron chi connectivity index (χ3n) is 4.09. The molecule has 1 N–H and O–H groups in total. The summed E-state index contributed by atoms with van der Waals surface area (Å²) in [7, 11) is 1.64. The molecule has 0 amide bonds. The Balaban J connectivity index is 2.00. The van der Waals surface area contributed by atoms with Crippen molar-refractivity contribution in [3.63, 3.8) is 0 Å². The van der Waals surface area contributed by atoms with Gasteiger partial charge in [-0.2, -0.15) is 9.97 Å². The molecule has 1 saturated heterocycles. The van der Waals surface area contributed by atoms with E-state index in [9.17, 15) is 0 Å². The summed E-state index contributed by atoms with van der Waals surface area (Å²) < 4.78 is 5.29. The minimum Gasteiger partial charge on any atom is -0.467 e. The topological polar surface area (TPSA) is 50.3 Å². The average molecular weight is 274 g/mol. The van der Waals surface area contributed by atoms with E-state index in [-0.39, 0.29) is 0 Å². The number of aromatic nitrogens is 2. The van der Waals surface area contributed by atoms with Crippen LogP contribution in [0.15, 0.2) is 12.2 Å². The zero-order valence-electron chi connectivity index (χ0n) is 12.1. The lowest BCUT2D eigenvalue weighted by Crippen LogP contribution is -2.44. The van der Waals surface area contributed by atoms with Crippen LogP contribution in [0, 0.1) is 0 Å². The second-order valence-electron chi connectivity index (χ2n) is 5.45. The normalized spacial score (nSPS) is 19.4. The van der Waals surface area contributed by atoms with Gasteiger partial charge in [0.2, 0.25) is 0 Å². The average Bonchev–Trinajstić information content (AvgIpc) is 2.69. The van der Waals surface area contributed by atoms with Crippen LogP contribution in [0.4, 0.5) is 5.82 Å². The number of ether oxygens (including phenoxy) is 1. The number of hydrogen-bond donors (Lipinski definition) is 1. The van der Waals surface area contributed by atoms with Gasteiger partial charge in [-0.15, -0.1) is 0 Å². The Kier molecular flexibility index (Phi) is 3.87. The number of anilines is 1. The van der Waals surface area contributed by atoms with Crippen molar-refractivity contribution in [3.8, 4) is 6.01 Å². The summed E-state index contributed by atoms with van der Waals surface area (Å²) in [6.45, 7) is 8.14. The molecule has 1 aliphatic carbocycles. The van der Waals surface area contributed by atoms with Crippen LogP contribution in [0.3, 0.4) is 0 Å². The Bertz CT molecular complexity index is 509. The number of allylic oxidation sites excluding steroid dienone is 1. The third-order valence-corrected chi connectivity index (χ3v) is 4.09. The van der Waals surface area contributed by atoms with Gasteiger partial charge in [0.15, 0.2) is 0 Å². The molecule has 0 atom stereocenters. The summed E-state index contributed by atoms with van der Waals surface area (Å²) in [5.41, 5.74) is 3.75. The lowest BCUT2D eigenvalue weighted by molar-refractivity contribution is 0.377. The maximum Gasteiger partial charge on any atom is 0.318 e. The maximum atomic E-state index is 5.29. The summed E-state index contributed by atoms with van der Waals surface area (Å²) in [6.07, 6.45) is 4.01. The zero-order chi connectivity index (χ0) is 13.9. The molecule has 0 unspecified atom stereocenters. The highest BCUT2D eigenvalue weighted by Gasteiger charge is 2.22. The maximum absolute atomic E-state index is 5.29. The van der Waals surface area contributed by atoms with E-state index in [1.165, 1.54) is 11.1 Å². The number of aryl methyl sites for hydroxylation is 1. The van der Waals surface area contributed by atoms with Crippen molar-refractivity contribution in [3.05, 3.63) is 23.4 Å². The molecule has 1 aliphatic heterocycles. The second-order valence-corrected chi connectivity index (χ2v) is 5.45. The summed E-state index contributed by atoms with van der Waals surface area (Å²) >= 11 is 0. The molecule has 0 aromatic carbocycles. The van der Waals surface area contributed by atoms with E-state index in [0.29, 0.717) is 6.01 Å². The van der Waals surface area contributed by atoms with Gasteiger partial charge in [0.05, 0.1) is 12.8 Å². The van der Waals surface area contributed by atoms with Gasteiger partial charge in [-0.25, -0.2) is 0 Å². The van der Waals surface area contributed by atoms with E-state index in [0.717, 1.165) is 63.4 Å². The van der Waals surface area contributed by atoms with Gasteiger partial charge in [-0.3, -0.25) is 0 Å². The van der Waals surface area contributed by atoms with E-state index in [1.54, 1.807) is 7.11 Å². The Morgan fingerprint density at radius 2 is 1.85 bits per heavy atom. The first-order chi connectivity index (χ1) is 9.78. The number of piperazine rings is 1. The molecule has 1 aromatic heterocycles. The van der Waals surface area contributed by atoms with Crippen molar-refractivity contribution in [1.82, 2.24) is 15.3 Å². The summed E-state index contributed by atoms with van der Waals surface area (Å²) in [6, 6.07) is 0.491. The molecule has 20 heavy (non-hydrogen) atoms. The molecule has 5 nitrogen and oxygen atoms in total. The molecule has 0 radical (unpaired) electrons. The largest absolute Gasteiger partial charge is 0.467 e. The molecule has 1 aromatic rings. The van der Waals surface area contributed by atoms with Crippen molar-refractivity contribution in [2.45, 2.75) is 25.7 Å². The van der Waals surface area contributed by atoms with Gasteiger partial charge in [-0.1, -0.05) is 12.2 Å². The fourth-order valence-electron chi connectivity index (χ4n) is 2.91. The molecule has 0 bridgehead atoms. The zero-order valence-corrected chi connectivity index (χ0v) is 12.1. The van der Waals surface area contributed by atoms with Crippen LogP contribution in [-0.2, 0) is 12.8 Å². The van der Waals surface area contributed by atoms with Gasteiger partial charge < -0.3 is 15.0 Å². The van der Waals surface area contributed by atoms with Crippen LogP contribution in [0.2, 0.25) is 0 Å². The number of nitrogens with zero attached hydrogens (tertiary/aromatic N) is 3. The van der Waals surface area contributed by atoms with Crippen LogP contribution < -0.4 is 15.0 Å². The van der Waals surface area contributed by atoms with Gasteiger partial charge in [0.25, 0.3) is 0 Å². The van der Waals surface area contributed by atoms with E-state index in [4.69, 9.17) is 4.74 Å². The number of fused-ring (bicyclic) bond motifs is 1. The molecule has 2 heterocycles. The quantitative estimate of drug-likeness (QED) is 0.651. The Morgan fingerprint density at radius 3 is 2.60 bits per heavy atom. The molecule has 0 saturated carbocycles. The molecule has 0 spiro atoms. The van der Waals surface area contributed by atoms with E-state index >= 15 is 0 Å². The molecular weight excluding hydrogens is 252 g/mol. The van der Waals surface area contributed by atoms with Crippen LogP contribution in [0.1, 0.15) is 24.1 Å². The molecule has 108 valence electrons. The lowest BCUT2D eigenvalue weighted by Gasteiger charge is -2.30. The van der Waals surface area contributed by atoms with E-state index in [1.807, 2.05) is 0 Å². The standard InChI is InChI=1S/C15H22N4O/c1-11-3-5-12-13(6-4-11)17-15(20-2)18-14(12)19-9-7-16-8-10-19/h16H,1,3-10H2,2H3. The predicted octanol–water partition coefficient (Wildman–Crippen LogP) is 1.33. The molecular formula is C15H22N4O. The highest BCUT2D eigenvalue weighted by molar-refractivity contribution is 5.51. The SMILES string of the molecule is C=C1CCc2nc(OC)nc(N3CCNCC3)c2CC1. The van der Waals surface area contributed by atoms with Crippen LogP contribution in [-0.4, -0.2) is 43.3 Å². The van der Waals surface area contributed by atoms with Crippen molar-refractivity contribution in [2.75, 3.05) is 38.2 Å². The number of hydrogen-bond acceptors (Lipinski definition) is 5. The fourth-order valence-corrected chi connectivity index (χ4v) is 2.91. The highest BCUT2D eigenvalue weighted by atomic mass is 16.5. The first kappa shape index (κ1) is 13.4. The van der Waals surface area contributed by atoms with Crippen LogP contribution in [0.5, 0.6) is 6.01 Å². The Hall–Kier alpha value is -1.62. The van der Waals surface area contributed by atoms with Gasteiger partial charge >= 0.3 is 6.01 Å². The van der Waals surface area contributed by atoms with Crippen molar-refractivity contribution < 1.29 is 4.74 Å². The minimum atomic E-state index is 0.491. The number of methoxy groups -OCH3 is 1. The summed E-state index contributed by atoms with van der Waals surface area (Å²) in [4.78, 5) is 11.5. The Labute approximate surface area is 120 Å². The predicted molar refractivity (Wildman–Crippen MR) is 79.4 cm³/mol. The van der Waals surface area contributed by atoms with Crippen molar-refractivity contribution in [2.24, 2.45) is 0 Å². The highest BCUT2D eigenvalue weighted by Crippen LogP contribution is 2.30. The first-order valence-electron chi connectivity index (χ1n) is 7.34. The smallest absolute Gasteiger partial charge is 0.318 e. The molecule has 3 rings (SSSR count). The summed E-state index contributed by atoms with van der Waals surface area (Å²) in [5, 5.41) is 3.38. The fraction of sp³-hybridized carbons (Fsp3) is 0.600. The second kappa shape index (κ2) is 5.79.